The second-order valence-corrected chi connectivity index (χ2v) is 5.40. The van der Waals surface area contributed by atoms with Gasteiger partial charge in [0.15, 0.2) is 0 Å². The number of nitrogens with one attached hydrogen (secondary N) is 1. The van der Waals surface area contributed by atoms with Crippen LogP contribution in [-0.4, -0.2) is 13.2 Å². The summed E-state index contributed by atoms with van der Waals surface area (Å²) in [6, 6.07) is 16.6. The van der Waals surface area contributed by atoms with Crippen LogP contribution in [0.3, 0.4) is 0 Å². The van der Waals surface area contributed by atoms with Crippen LogP contribution in [0.1, 0.15) is 18.1 Å². The molecule has 0 radical (unpaired) electrons. The fraction of sp³-hybridized carbons (Fsp3) is 0.294. The maximum atomic E-state index is 5.98. The van der Waals surface area contributed by atoms with E-state index in [0.717, 1.165) is 23.7 Å². The van der Waals surface area contributed by atoms with Gasteiger partial charge >= 0.3 is 0 Å². The van der Waals surface area contributed by atoms with E-state index >= 15 is 0 Å². The zero-order valence-electron chi connectivity index (χ0n) is 11.9. The van der Waals surface area contributed by atoms with Crippen molar-refractivity contribution in [1.29, 1.82) is 0 Å². The summed E-state index contributed by atoms with van der Waals surface area (Å²) in [6.07, 6.45) is 0.991. The van der Waals surface area contributed by atoms with Gasteiger partial charge in [0.05, 0.1) is 7.11 Å². The van der Waals surface area contributed by atoms with Crippen LogP contribution in [0.25, 0.3) is 0 Å². The molecule has 3 heteroatoms. The zero-order chi connectivity index (χ0) is 14.4. The van der Waals surface area contributed by atoms with Gasteiger partial charge < -0.3 is 10.1 Å². The molecule has 2 aromatic carbocycles. The number of hydrogen-bond donors (Lipinski definition) is 1. The summed E-state index contributed by atoms with van der Waals surface area (Å²) in [5.74, 6) is 0.897. The molecular formula is C17H20ClNO. The average molecular weight is 290 g/mol. The van der Waals surface area contributed by atoms with Crippen molar-refractivity contribution >= 4 is 11.6 Å². The van der Waals surface area contributed by atoms with E-state index in [4.69, 9.17) is 16.3 Å². The average Bonchev–Trinajstić information content (AvgIpc) is 2.46. The molecule has 0 spiro atoms. The van der Waals surface area contributed by atoms with E-state index in [2.05, 4.69) is 30.4 Å². The Hall–Kier alpha value is -1.51. The number of methoxy groups -OCH3 is 1. The van der Waals surface area contributed by atoms with E-state index in [1.807, 2.05) is 30.3 Å². The highest BCUT2D eigenvalue weighted by molar-refractivity contribution is 6.30. The van der Waals surface area contributed by atoms with Crippen molar-refractivity contribution in [3.05, 3.63) is 64.7 Å². The molecule has 0 saturated carbocycles. The van der Waals surface area contributed by atoms with Crippen molar-refractivity contribution < 1.29 is 4.74 Å². The summed E-state index contributed by atoms with van der Waals surface area (Å²) >= 11 is 5.98. The first-order chi connectivity index (χ1) is 9.67. The van der Waals surface area contributed by atoms with E-state index < -0.39 is 0 Å². The molecule has 0 amide bonds. The minimum atomic E-state index is 0.405. The molecule has 0 unspecified atom stereocenters. The van der Waals surface area contributed by atoms with Crippen LogP contribution in [-0.2, 0) is 13.0 Å². The maximum absolute atomic E-state index is 5.98. The van der Waals surface area contributed by atoms with Gasteiger partial charge in [-0.3, -0.25) is 0 Å². The largest absolute Gasteiger partial charge is 0.497 e. The van der Waals surface area contributed by atoms with Crippen LogP contribution < -0.4 is 10.1 Å². The van der Waals surface area contributed by atoms with Gasteiger partial charge in [-0.1, -0.05) is 35.9 Å². The summed E-state index contributed by atoms with van der Waals surface area (Å²) in [5, 5.41) is 4.30. The molecule has 1 N–H and O–H groups in total. The van der Waals surface area contributed by atoms with Crippen LogP contribution in [0.2, 0.25) is 5.02 Å². The summed E-state index contributed by atoms with van der Waals surface area (Å²) in [5.41, 5.74) is 2.51. The number of hydrogen-bond acceptors (Lipinski definition) is 2. The van der Waals surface area contributed by atoms with Gasteiger partial charge in [0.1, 0.15) is 5.75 Å². The number of rotatable bonds is 6. The van der Waals surface area contributed by atoms with E-state index in [1.54, 1.807) is 7.11 Å². The van der Waals surface area contributed by atoms with E-state index in [1.165, 1.54) is 11.1 Å². The summed E-state index contributed by atoms with van der Waals surface area (Å²) in [6.45, 7) is 3.02. The van der Waals surface area contributed by atoms with Crippen molar-refractivity contribution in [2.24, 2.45) is 0 Å². The lowest BCUT2D eigenvalue weighted by molar-refractivity contribution is 0.414. The Morgan fingerprint density at radius 3 is 2.50 bits per heavy atom. The summed E-state index contributed by atoms with van der Waals surface area (Å²) in [7, 11) is 1.68. The van der Waals surface area contributed by atoms with Crippen molar-refractivity contribution in [3.63, 3.8) is 0 Å². The third-order valence-corrected chi connectivity index (χ3v) is 3.48. The lowest BCUT2D eigenvalue weighted by atomic mass is 10.1. The molecule has 0 saturated heterocycles. The van der Waals surface area contributed by atoms with E-state index in [0.29, 0.717) is 6.04 Å². The molecule has 2 aromatic rings. The standard InChI is InChI=1S/C17H20ClNO/c1-13(10-14-6-8-17(20-2)9-7-14)19-12-15-4-3-5-16(18)11-15/h3-9,11,13,19H,10,12H2,1-2H3/t13-/m1/s1. The molecule has 106 valence electrons. The Bertz CT molecular complexity index is 539. The van der Waals surface area contributed by atoms with Crippen molar-refractivity contribution in [1.82, 2.24) is 5.32 Å². The molecule has 0 heterocycles. The second kappa shape index (κ2) is 7.32. The lowest BCUT2D eigenvalue weighted by Crippen LogP contribution is -2.27. The first-order valence-corrected chi connectivity index (χ1v) is 7.16. The van der Waals surface area contributed by atoms with Gasteiger partial charge in [-0.2, -0.15) is 0 Å². The van der Waals surface area contributed by atoms with Crippen molar-refractivity contribution in [2.45, 2.75) is 25.9 Å². The molecule has 2 rings (SSSR count). The SMILES string of the molecule is COc1ccc(C[C@@H](C)NCc2cccc(Cl)c2)cc1. The maximum Gasteiger partial charge on any atom is 0.118 e. The van der Waals surface area contributed by atoms with Crippen LogP contribution >= 0.6 is 11.6 Å². The molecule has 20 heavy (non-hydrogen) atoms. The molecule has 1 atom stereocenters. The van der Waals surface area contributed by atoms with Crippen molar-refractivity contribution in [3.8, 4) is 5.75 Å². The van der Waals surface area contributed by atoms with Crippen LogP contribution in [0.15, 0.2) is 48.5 Å². The third kappa shape index (κ3) is 4.55. The van der Waals surface area contributed by atoms with Crippen LogP contribution in [0, 0.1) is 0 Å². The summed E-state index contributed by atoms with van der Waals surface area (Å²) in [4.78, 5) is 0. The van der Waals surface area contributed by atoms with Gasteiger partial charge in [0.2, 0.25) is 0 Å². The monoisotopic (exact) mass is 289 g/mol. The molecule has 0 aliphatic carbocycles. The lowest BCUT2D eigenvalue weighted by Gasteiger charge is -2.14. The normalized spacial score (nSPS) is 12.2. The first-order valence-electron chi connectivity index (χ1n) is 6.78. The Morgan fingerprint density at radius 2 is 1.85 bits per heavy atom. The van der Waals surface area contributed by atoms with Gasteiger partial charge in [0, 0.05) is 17.6 Å². The van der Waals surface area contributed by atoms with Gasteiger partial charge in [-0.15, -0.1) is 0 Å². The van der Waals surface area contributed by atoms with Gasteiger partial charge in [-0.05, 0) is 48.7 Å². The fourth-order valence-corrected chi connectivity index (χ4v) is 2.34. The Balaban J connectivity index is 1.84. The van der Waals surface area contributed by atoms with Gasteiger partial charge in [0.25, 0.3) is 0 Å². The first kappa shape index (κ1) is 14.9. The Morgan fingerprint density at radius 1 is 1.10 bits per heavy atom. The molecule has 2 nitrogen and oxygen atoms in total. The quantitative estimate of drug-likeness (QED) is 0.865. The minimum Gasteiger partial charge on any atom is -0.497 e. The summed E-state index contributed by atoms with van der Waals surface area (Å²) < 4.78 is 5.16. The molecule has 0 aromatic heterocycles. The zero-order valence-corrected chi connectivity index (χ0v) is 12.7. The van der Waals surface area contributed by atoms with Crippen LogP contribution in [0.4, 0.5) is 0 Å². The fourth-order valence-electron chi connectivity index (χ4n) is 2.13. The van der Waals surface area contributed by atoms with Crippen molar-refractivity contribution in [2.75, 3.05) is 7.11 Å². The predicted octanol–water partition coefficient (Wildman–Crippen LogP) is 4.07. The Labute approximate surface area is 125 Å². The van der Waals surface area contributed by atoms with Crippen LogP contribution in [0.5, 0.6) is 5.75 Å². The molecule has 0 aliphatic heterocycles. The van der Waals surface area contributed by atoms with E-state index in [9.17, 15) is 0 Å². The number of benzene rings is 2. The van der Waals surface area contributed by atoms with Gasteiger partial charge in [-0.25, -0.2) is 0 Å². The smallest absolute Gasteiger partial charge is 0.118 e. The third-order valence-electron chi connectivity index (χ3n) is 3.24. The number of halogens is 1. The molecule has 0 bridgehead atoms. The highest BCUT2D eigenvalue weighted by Crippen LogP contribution is 2.13. The molecule has 0 fully saturated rings. The highest BCUT2D eigenvalue weighted by Gasteiger charge is 2.04. The molecule has 0 aliphatic rings. The second-order valence-electron chi connectivity index (χ2n) is 4.96. The number of ether oxygens (including phenoxy) is 1. The van der Waals surface area contributed by atoms with E-state index in [-0.39, 0.29) is 0 Å². The predicted molar refractivity (Wildman–Crippen MR) is 84.5 cm³/mol. The minimum absolute atomic E-state index is 0.405. The Kier molecular flexibility index (Phi) is 5.45. The topological polar surface area (TPSA) is 21.3 Å². The highest BCUT2D eigenvalue weighted by atomic mass is 35.5. The molecular weight excluding hydrogens is 270 g/mol.